The van der Waals surface area contributed by atoms with Crippen molar-refractivity contribution in [3.05, 3.63) is 23.8 Å². The fraction of sp³-hybridized carbons (Fsp3) is 0.667. The Balaban J connectivity index is 1.70. The fourth-order valence-electron chi connectivity index (χ4n) is 4.11. The van der Waals surface area contributed by atoms with Gasteiger partial charge in [-0.2, -0.15) is 0 Å². The predicted molar refractivity (Wildman–Crippen MR) is 87.7 cm³/mol. The second-order valence-electron chi connectivity index (χ2n) is 6.59. The smallest absolute Gasteiger partial charge is 0.119 e. The van der Waals surface area contributed by atoms with Gasteiger partial charge in [-0.1, -0.05) is 19.3 Å². The predicted octanol–water partition coefficient (Wildman–Crippen LogP) is 3.62. The van der Waals surface area contributed by atoms with Crippen molar-refractivity contribution in [2.45, 2.75) is 63.5 Å². The molecular formula is C18H28N2O. The normalized spacial score (nSPS) is 24.3. The molecule has 3 heteroatoms. The zero-order valence-corrected chi connectivity index (χ0v) is 13.2. The van der Waals surface area contributed by atoms with Gasteiger partial charge in [-0.05, 0) is 62.4 Å². The van der Waals surface area contributed by atoms with E-state index in [-0.39, 0.29) is 0 Å². The molecule has 1 aliphatic carbocycles. The largest absolute Gasteiger partial charge is 0.497 e. The van der Waals surface area contributed by atoms with Crippen LogP contribution in [0.2, 0.25) is 0 Å². The number of benzene rings is 1. The fourth-order valence-corrected chi connectivity index (χ4v) is 4.11. The number of ether oxygens (including phenoxy) is 1. The van der Waals surface area contributed by atoms with Crippen molar-refractivity contribution in [1.82, 2.24) is 4.90 Å². The highest BCUT2D eigenvalue weighted by molar-refractivity contribution is 5.50. The third kappa shape index (κ3) is 3.34. The highest BCUT2D eigenvalue weighted by Crippen LogP contribution is 2.32. The number of nitrogen functional groups attached to an aromatic ring is 1. The summed E-state index contributed by atoms with van der Waals surface area (Å²) in [5.74, 6) is 0.918. The van der Waals surface area contributed by atoms with Crippen LogP contribution in [0.15, 0.2) is 18.2 Å². The molecule has 116 valence electrons. The number of methoxy groups -OCH3 is 1. The average Bonchev–Trinajstić information content (AvgIpc) is 2.98. The first-order chi connectivity index (χ1) is 10.3. The lowest BCUT2D eigenvalue weighted by Crippen LogP contribution is -2.41. The Bertz CT molecular complexity index is 468. The molecule has 21 heavy (non-hydrogen) atoms. The lowest BCUT2D eigenvalue weighted by Gasteiger charge is -2.35. The van der Waals surface area contributed by atoms with E-state index in [0.29, 0.717) is 6.04 Å². The zero-order valence-electron chi connectivity index (χ0n) is 13.2. The van der Waals surface area contributed by atoms with Crippen LogP contribution in [-0.2, 0) is 6.42 Å². The molecule has 2 aliphatic rings. The molecule has 0 bridgehead atoms. The molecule has 2 fully saturated rings. The molecule has 1 unspecified atom stereocenters. The van der Waals surface area contributed by atoms with Gasteiger partial charge < -0.3 is 10.5 Å². The minimum atomic E-state index is 0.669. The molecule has 1 saturated heterocycles. The van der Waals surface area contributed by atoms with E-state index < -0.39 is 0 Å². The van der Waals surface area contributed by atoms with E-state index in [4.69, 9.17) is 10.5 Å². The third-order valence-corrected chi connectivity index (χ3v) is 5.27. The van der Waals surface area contributed by atoms with Gasteiger partial charge >= 0.3 is 0 Å². The highest BCUT2D eigenvalue weighted by Gasteiger charge is 2.31. The molecule has 0 radical (unpaired) electrons. The first-order valence-electron chi connectivity index (χ1n) is 8.46. The topological polar surface area (TPSA) is 38.5 Å². The van der Waals surface area contributed by atoms with Crippen LogP contribution in [0, 0.1) is 0 Å². The monoisotopic (exact) mass is 288 g/mol. The summed E-state index contributed by atoms with van der Waals surface area (Å²) in [7, 11) is 1.72. The number of rotatable bonds is 4. The maximum Gasteiger partial charge on any atom is 0.119 e. The van der Waals surface area contributed by atoms with Gasteiger partial charge in [-0.3, -0.25) is 4.90 Å². The maximum atomic E-state index is 6.17. The molecule has 1 aromatic carbocycles. The second kappa shape index (κ2) is 6.69. The SMILES string of the molecule is COc1ccc(N)c(CC2CCCN2C2CCCCC2)c1. The third-order valence-electron chi connectivity index (χ3n) is 5.27. The summed E-state index contributed by atoms with van der Waals surface area (Å²) in [6, 6.07) is 7.54. The molecule has 3 rings (SSSR count). The maximum absolute atomic E-state index is 6.17. The molecule has 1 aliphatic heterocycles. The second-order valence-corrected chi connectivity index (χ2v) is 6.59. The molecule has 0 aromatic heterocycles. The highest BCUT2D eigenvalue weighted by atomic mass is 16.5. The Morgan fingerprint density at radius 3 is 2.71 bits per heavy atom. The van der Waals surface area contributed by atoms with Crippen molar-refractivity contribution >= 4 is 5.69 Å². The van der Waals surface area contributed by atoms with E-state index in [1.807, 2.05) is 12.1 Å². The lowest BCUT2D eigenvalue weighted by molar-refractivity contribution is 0.141. The average molecular weight is 288 g/mol. The molecule has 1 heterocycles. The van der Waals surface area contributed by atoms with E-state index in [1.54, 1.807) is 7.11 Å². The van der Waals surface area contributed by atoms with Crippen LogP contribution in [-0.4, -0.2) is 30.6 Å². The Morgan fingerprint density at radius 1 is 1.14 bits per heavy atom. The van der Waals surface area contributed by atoms with E-state index in [9.17, 15) is 0 Å². The van der Waals surface area contributed by atoms with Crippen LogP contribution in [0.1, 0.15) is 50.5 Å². The summed E-state index contributed by atoms with van der Waals surface area (Å²) in [4.78, 5) is 2.78. The number of hydrogen-bond acceptors (Lipinski definition) is 3. The summed E-state index contributed by atoms with van der Waals surface area (Å²) in [5.41, 5.74) is 8.33. The molecule has 3 nitrogen and oxygen atoms in total. The molecule has 0 amide bonds. The van der Waals surface area contributed by atoms with Crippen LogP contribution in [0.3, 0.4) is 0 Å². The number of likely N-dealkylation sites (tertiary alicyclic amines) is 1. The van der Waals surface area contributed by atoms with Crippen molar-refractivity contribution in [1.29, 1.82) is 0 Å². The lowest BCUT2D eigenvalue weighted by atomic mass is 9.92. The van der Waals surface area contributed by atoms with Crippen molar-refractivity contribution < 1.29 is 4.74 Å². The van der Waals surface area contributed by atoms with Gasteiger partial charge in [0.15, 0.2) is 0 Å². The van der Waals surface area contributed by atoms with Gasteiger partial charge in [-0.15, -0.1) is 0 Å². The molecule has 1 aromatic rings. The minimum Gasteiger partial charge on any atom is -0.497 e. The van der Waals surface area contributed by atoms with Crippen LogP contribution in [0.5, 0.6) is 5.75 Å². The number of nitrogens with zero attached hydrogens (tertiary/aromatic N) is 1. The zero-order chi connectivity index (χ0) is 14.7. The first kappa shape index (κ1) is 14.7. The van der Waals surface area contributed by atoms with Gasteiger partial charge in [0, 0.05) is 17.8 Å². The van der Waals surface area contributed by atoms with E-state index >= 15 is 0 Å². The summed E-state index contributed by atoms with van der Waals surface area (Å²) in [5, 5.41) is 0. The van der Waals surface area contributed by atoms with Gasteiger partial charge in [0.2, 0.25) is 0 Å². The molecule has 1 atom stereocenters. The van der Waals surface area contributed by atoms with E-state index in [2.05, 4.69) is 11.0 Å². The van der Waals surface area contributed by atoms with E-state index in [0.717, 1.165) is 23.9 Å². The quantitative estimate of drug-likeness (QED) is 0.860. The van der Waals surface area contributed by atoms with Crippen molar-refractivity contribution in [3.63, 3.8) is 0 Å². The number of anilines is 1. The van der Waals surface area contributed by atoms with Crippen LogP contribution < -0.4 is 10.5 Å². The Morgan fingerprint density at radius 2 is 1.95 bits per heavy atom. The Labute approximate surface area is 128 Å². The van der Waals surface area contributed by atoms with Crippen LogP contribution in [0.25, 0.3) is 0 Å². The van der Waals surface area contributed by atoms with E-state index in [1.165, 1.54) is 57.1 Å². The van der Waals surface area contributed by atoms with Gasteiger partial charge in [0.25, 0.3) is 0 Å². The molecule has 0 spiro atoms. The molecule has 1 saturated carbocycles. The van der Waals surface area contributed by atoms with Crippen molar-refractivity contribution in [2.75, 3.05) is 19.4 Å². The molecule has 2 N–H and O–H groups in total. The van der Waals surface area contributed by atoms with Crippen LogP contribution >= 0.6 is 0 Å². The summed E-state index contributed by atoms with van der Waals surface area (Å²) >= 11 is 0. The Kier molecular flexibility index (Phi) is 4.69. The standard InChI is InChI=1S/C18H28N2O/c1-21-17-9-10-18(19)14(13-17)12-16-8-5-11-20(16)15-6-3-2-4-7-15/h9-10,13,15-16H,2-8,11-12,19H2,1H3. The Hall–Kier alpha value is -1.22. The summed E-state index contributed by atoms with van der Waals surface area (Å²) < 4.78 is 5.35. The number of hydrogen-bond donors (Lipinski definition) is 1. The van der Waals surface area contributed by atoms with Crippen molar-refractivity contribution in [3.8, 4) is 5.75 Å². The molecular weight excluding hydrogens is 260 g/mol. The van der Waals surface area contributed by atoms with Gasteiger partial charge in [-0.25, -0.2) is 0 Å². The van der Waals surface area contributed by atoms with Crippen LogP contribution in [0.4, 0.5) is 5.69 Å². The number of nitrogens with two attached hydrogens (primary N) is 1. The summed E-state index contributed by atoms with van der Waals surface area (Å²) in [6.07, 6.45) is 10.8. The van der Waals surface area contributed by atoms with Gasteiger partial charge in [0.1, 0.15) is 5.75 Å². The van der Waals surface area contributed by atoms with Crippen molar-refractivity contribution in [2.24, 2.45) is 0 Å². The minimum absolute atomic E-state index is 0.669. The van der Waals surface area contributed by atoms with Gasteiger partial charge in [0.05, 0.1) is 7.11 Å². The summed E-state index contributed by atoms with van der Waals surface area (Å²) in [6.45, 7) is 1.28. The first-order valence-corrected chi connectivity index (χ1v) is 8.46.